The van der Waals surface area contributed by atoms with Crippen LogP contribution in [0.15, 0.2) is 52.3 Å². The van der Waals surface area contributed by atoms with Gasteiger partial charge in [-0.15, -0.1) is 0 Å². The maximum absolute atomic E-state index is 13.2. The molecule has 0 radical (unpaired) electrons. The maximum atomic E-state index is 13.2. The average molecular weight is 395 g/mol. The second kappa shape index (κ2) is 7.24. The van der Waals surface area contributed by atoms with Gasteiger partial charge in [-0.3, -0.25) is 9.13 Å². The van der Waals surface area contributed by atoms with Gasteiger partial charge in [0.2, 0.25) is 0 Å². The van der Waals surface area contributed by atoms with Gasteiger partial charge in [0, 0.05) is 31.1 Å². The van der Waals surface area contributed by atoms with Crippen LogP contribution < -0.4 is 20.7 Å². The van der Waals surface area contributed by atoms with E-state index in [0.717, 1.165) is 16.8 Å². The first-order valence-corrected chi connectivity index (χ1v) is 9.30. The molecule has 1 aliphatic rings. The van der Waals surface area contributed by atoms with Crippen LogP contribution in [0.3, 0.4) is 0 Å². The molecule has 7 heteroatoms. The molecule has 0 amide bonds. The molecule has 29 heavy (non-hydrogen) atoms. The highest BCUT2D eigenvalue weighted by Gasteiger charge is 2.26. The fourth-order valence-corrected chi connectivity index (χ4v) is 3.73. The fraction of sp³-hybridized carbons (Fsp3) is 0.273. The third-order valence-electron chi connectivity index (χ3n) is 5.31. The number of aromatic nitrogens is 2. The van der Waals surface area contributed by atoms with Crippen molar-refractivity contribution in [2.45, 2.75) is 19.4 Å². The summed E-state index contributed by atoms with van der Waals surface area (Å²) in [7, 11) is 4.88. The van der Waals surface area contributed by atoms with E-state index >= 15 is 0 Å². The number of fused-ring (bicyclic) bond motifs is 3. The van der Waals surface area contributed by atoms with Gasteiger partial charge in [-0.1, -0.05) is 6.92 Å². The lowest BCUT2D eigenvalue weighted by molar-refractivity contribution is 0.354. The minimum absolute atomic E-state index is 0.134. The first-order chi connectivity index (χ1) is 13.9. The standard InChI is InChI=1S/C22H22FN3O3/c1-13-12-26-18(17-10-20(29-4)19(28-3)9-16(13)17)11-21(25(2)22(26)27)24-15-7-5-14(23)6-8-15/h5-11,13H,12H2,1-4H3. The SMILES string of the molecule is COc1cc2c(cc1OC)C(C)Cn1c-2cc(=Nc2ccc(F)cc2)n(C)c1=O. The summed E-state index contributed by atoms with van der Waals surface area (Å²) in [6, 6.07) is 11.6. The van der Waals surface area contributed by atoms with Crippen molar-refractivity contribution in [2.24, 2.45) is 12.0 Å². The van der Waals surface area contributed by atoms with E-state index in [2.05, 4.69) is 11.9 Å². The van der Waals surface area contributed by atoms with Gasteiger partial charge in [-0.25, -0.2) is 14.2 Å². The number of methoxy groups -OCH3 is 2. The molecule has 6 nitrogen and oxygen atoms in total. The van der Waals surface area contributed by atoms with Crippen LogP contribution in [0.5, 0.6) is 11.5 Å². The van der Waals surface area contributed by atoms with Crippen molar-refractivity contribution in [1.82, 2.24) is 9.13 Å². The van der Waals surface area contributed by atoms with Crippen LogP contribution in [0, 0.1) is 5.82 Å². The molecular formula is C22H22FN3O3. The second-order valence-corrected chi connectivity index (χ2v) is 7.12. The van der Waals surface area contributed by atoms with Gasteiger partial charge in [-0.05, 0) is 42.0 Å². The molecule has 1 unspecified atom stereocenters. The summed E-state index contributed by atoms with van der Waals surface area (Å²) in [6.07, 6.45) is 0. The van der Waals surface area contributed by atoms with Gasteiger partial charge in [0.1, 0.15) is 11.3 Å². The highest BCUT2D eigenvalue weighted by Crippen LogP contribution is 2.41. The van der Waals surface area contributed by atoms with Gasteiger partial charge >= 0.3 is 5.69 Å². The van der Waals surface area contributed by atoms with Crippen LogP contribution >= 0.6 is 0 Å². The lowest BCUT2D eigenvalue weighted by atomic mass is 9.89. The third-order valence-corrected chi connectivity index (χ3v) is 5.31. The molecule has 2 heterocycles. The monoisotopic (exact) mass is 395 g/mol. The predicted molar refractivity (Wildman–Crippen MR) is 108 cm³/mol. The van der Waals surface area contributed by atoms with E-state index in [-0.39, 0.29) is 17.4 Å². The van der Waals surface area contributed by atoms with Crippen LogP contribution in [-0.4, -0.2) is 23.4 Å². The summed E-state index contributed by atoms with van der Waals surface area (Å²) in [6.45, 7) is 2.64. The highest BCUT2D eigenvalue weighted by molar-refractivity contribution is 5.71. The summed E-state index contributed by atoms with van der Waals surface area (Å²) in [5, 5.41) is 0. The van der Waals surface area contributed by atoms with Crippen molar-refractivity contribution in [2.75, 3.05) is 14.2 Å². The van der Waals surface area contributed by atoms with E-state index < -0.39 is 0 Å². The summed E-state index contributed by atoms with van der Waals surface area (Å²) in [5.41, 5.74) is 3.67. The predicted octanol–water partition coefficient (Wildman–Crippen LogP) is 3.36. The Balaban J connectivity index is 1.98. The van der Waals surface area contributed by atoms with E-state index in [4.69, 9.17) is 9.47 Å². The summed E-state index contributed by atoms with van der Waals surface area (Å²) in [5.74, 6) is 1.06. The second-order valence-electron chi connectivity index (χ2n) is 7.12. The van der Waals surface area contributed by atoms with E-state index in [0.29, 0.717) is 29.2 Å². The number of hydrogen-bond acceptors (Lipinski definition) is 4. The van der Waals surface area contributed by atoms with E-state index in [1.54, 1.807) is 38.0 Å². The van der Waals surface area contributed by atoms with Gasteiger partial charge in [0.25, 0.3) is 0 Å². The topological polar surface area (TPSA) is 57.8 Å². The Hall–Kier alpha value is -3.35. The molecule has 0 saturated heterocycles. The minimum atomic E-state index is -0.331. The van der Waals surface area contributed by atoms with Crippen molar-refractivity contribution in [3.63, 3.8) is 0 Å². The lowest BCUT2D eigenvalue weighted by Gasteiger charge is -2.28. The number of hydrogen-bond donors (Lipinski definition) is 0. The first kappa shape index (κ1) is 19.0. The normalized spacial score (nSPS) is 15.6. The van der Waals surface area contributed by atoms with Crippen molar-refractivity contribution in [3.8, 4) is 22.8 Å². The zero-order valence-corrected chi connectivity index (χ0v) is 16.8. The molecule has 0 spiro atoms. The molecule has 0 N–H and O–H groups in total. The van der Waals surface area contributed by atoms with E-state index in [1.165, 1.54) is 16.7 Å². The van der Waals surface area contributed by atoms with Crippen LogP contribution in [0.25, 0.3) is 11.3 Å². The molecule has 0 fully saturated rings. The molecule has 3 aromatic rings. The van der Waals surface area contributed by atoms with Crippen molar-refractivity contribution in [1.29, 1.82) is 0 Å². The zero-order chi connectivity index (χ0) is 20.7. The van der Waals surface area contributed by atoms with Crippen molar-refractivity contribution >= 4 is 5.69 Å². The Labute approximate surface area is 167 Å². The highest BCUT2D eigenvalue weighted by atomic mass is 19.1. The van der Waals surface area contributed by atoms with Gasteiger partial charge in [0.05, 0.1) is 25.6 Å². The van der Waals surface area contributed by atoms with Crippen LogP contribution in [0.2, 0.25) is 0 Å². The Bertz CT molecular complexity index is 1210. The molecule has 0 saturated carbocycles. The summed E-state index contributed by atoms with van der Waals surface area (Å²) >= 11 is 0. The van der Waals surface area contributed by atoms with Gasteiger partial charge in [0.15, 0.2) is 11.5 Å². The Morgan fingerprint density at radius 2 is 1.72 bits per heavy atom. The Morgan fingerprint density at radius 1 is 1.07 bits per heavy atom. The van der Waals surface area contributed by atoms with Crippen molar-refractivity contribution in [3.05, 3.63) is 69.8 Å². The third kappa shape index (κ3) is 3.22. The summed E-state index contributed by atoms with van der Waals surface area (Å²) in [4.78, 5) is 17.6. The lowest BCUT2D eigenvalue weighted by Crippen LogP contribution is -2.41. The number of halogens is 1. The molecule has 1 atom stereocenters. The van der Waals surface area contributed by atoms with Crippen LogP contribution in [-0.2, 0) is 13.6 Å². The molecule has 1 aromatic heterocycles. The molecule has 0 aliphatic carbocycles. The van der Waals surface area contributed by atoms with Crippen LogP contribution in [0.4, 0.5) is 10.1 Å². The molecule has 2 aromatic carbocycles. The Kier molecular flexibility index (Phi) is 4.74. The van der Waals surface area contributed by atoms with Crippen LogP contribution in [0.1, 0.15) is 18.4 Å². The Morgan fingerprint density at radius 3 is 2.38 bits per heavy atom. The number of ether oxygens (including phenoxy) is 2. The smallest absolute Gasteiger partial charge is 0.329 e. The molecule has 150 valence electrons. The number of benzene rings is 2. The molecule has 0 bridgehead atoms. The van der Waals surface area contributed by atoms with E-state index in [1.807, 2.05) is 18.2 Å². The summed E-state index contributed by atoms with van der Waals surface area (Å²) < 4.78 is 27.4. The fourth-order valence-electron chi connectivity index (χ4n) is 3.73. The first-order valence-electron chi connectivity index (χ1n) is 9.30. The van der Waals surface area contributed by atoms with Crippen molar-refractivity contribution < 1.29 is 13.9 Å². The van der Waals surface area contributed by atoms with E-state index in [9.17, 15) is 9.18 Å². The van der Waals surface area contributed by atoms with Gasteiger partial charge < -0.3 is 9.47 Å². The largest absolute Gasteiger partial charge is 0.493 e. The maximum Gasteiger partial charge on any atom is 0.329 e. The number of rotatable bonds is 3. The number of nitrogens with zero attached hydrogens (tertiary/aromatic N) is 3. The molecule has 1 aliphatic heterocycles. The average Bonchev–Trinajstić information content (AvgIpc) is 2.73. The minimum Gasteiger partial charge on any atom is -0.493 e. The quantitative estimate of drug-likeness (QED) is 0.683. The van der Waals surface area contributed by atoms with Gasteiger partial charge in [-0.2, -0.15) is 0 Å². The zero-order valence-electron chi connectivity index (χ0n) is 16.8. The molecular weight excluding hydrogens is 373 g/mol. The molecule has 4 rings (SSSR count).